The Labute approximate surface area is 191 Å². The maximum absolute atomic E-state index is 13.2. The molecule has 1 heterocycles. The van der Waals surface area contributed by atoms with E-state index in [0.29, 0.717) is 16.5 Å². The molecule has 2 aromatic carbocycles. The fourth-order valence-electron chi connectivity index (χ4n) is 3.54. The molecule has 0 bridgehead atoms. The quantitative estimate of drug-likeness (QED) is 0.411. The summed E-state index contributed by atoms with van der Waals surface area (Å²) in [4.78, 5) is 14.2. The number of hydrogen-bond donors (Lipinski definition) is 0. The molecule has 6 nitrogen and oxygen atoms in total. The first-order valence-corrected chi connectivity index (χ1v) is 12.1. The number of rotatable bonds is 8. The van der Waals surface area contributed by atoms with Crippen molar-refractivity contribution in [3.8, 4) is 0 Å². The molecule has 0 saturated carbocycles. The van der Waals surface area contributed by atoms with E-state index in [4.69, 9.17) is 32.1 Å². The highest BCUT2D eigenvalue weighted by Gasteiger charge is 2.41. The number of ether oxygens (including phenoxy) is 1. The number of halogens is 3. The molecule has 2 aromatic rings. The molecule has 1 atom stereocenters. The van der Waals surface area contributed by atoms with Crippen molar-refractivity contribution in [3.63, 3.8) is 0 Å². The minimum absolute atomic E-state index is 0.00804. The van der Waals surface area contributed by atoms with Crippen LogP contribution >= 0.6 is 23.2 Å². The SMILES string of the molecule is CS(=O)(=O)OCCOC1(c2ccc(Cl)c(Cl)c2)CCC(=O)N(Cc2ccc(F)cc2)C1. The van der Waals surface area contributed by atoms with Crippen LogP contribution in [0.1, 0.15) is 24.0 Å². The van der Waals surface area contributed by atoms with Gasteiger partial charge in [-0.2, -0.15) is 8.42 Å². The Bertz CT molecular complexity index is 1050. The van der Waals surface area contributed by atoms with E-state index in [0.717, 1.165) is 17.4 Å². The topological polar surface area (TPSA) is 72.9 Å². The normalized spacial score (nSPS) is 19.6. The summed E-state index contributed by atoms with van der Waals surface area (Å²) in [6.07, 6.45) is 1.56. The number of carbonyl (C=O) groups excluding carboxylic acids is 1. The fourth-order valence-corrected chi connectivity index (χ4v) is 4.20. The lowest BCUT2D eigenvalue weighted by Crippen LogP contribution is -2.50. The Balaban J connectivity index is 1.85. The van der Waals surface area contributed by atoms with Gasteiger partial charge in [0.05, 0.1) is 36.1 Å². The van der Waals surface area contributed by atoms with Gasteiger partial charge in [-0.1, -0.05) is 41.4 Å². The summed E-state index contributed by atoms with van der Waals surface area (Å²) in [7, 11) is -3.60. The first-order chi connectivity index (χ1) is 14.6. The third-order valence-electron chi connectivity index (χ3n) is 5.03. The van der Waals surface area contributed by atoms with Crippen LogP contribution in [0.15, 0.2) is 42.5 Å². The molecule has 1 amide bonds. The minimum Gasteiger partial charge on any atom is -0.366 e. The van der Waals surface area contributed by atoms with Crippen LogP contribution in [-0.4, -0.2) is 45.2 Å². The number of nitrogens with zero attached hydrogens (tertiary/aromatic N) is 1. The molecule has 0 N–H and O–H groups in total. The van der Waals surface area contributed by atoms with Crippen molar-refractivity contribution in [1.82, 2.24) is 4.90 Å². The zero-order valence-corrected chi connectivity index (χ0v) is 19.1. The first-order valence-electron chi connectivity index (χ1n) is 9.54. The van der Waals surface area contributed by atoms with Gasteiger partial charge < -0.3 is 9.64 Å². The van der Waals surface area contributed by atoms with Crippen LogP contribution in [0.4, 0.5) is 4.39 Å². The van der Waals surface area contributed by atoms with Gasteiger partial charge in [-0.15, -0.1) is 0 Å². The maximum Gasteiger partial charge on any atom is 0.264 e. The van der Waals surface area contributed by atoms with Crippen molar-refractivity contribution in [1.29, 1.82) is 0 Å². The number of likely N-dealkylation sites (tertiary alicyclic amines) is 1. The molecule has 0 aromatic heterocycles. The van der Waals surface area contributed by atoms with Gasteiger partial charge in [0, 0.05) is 13.0 Å². The molecule has 0 aliphatic carbocycles. The Morgan fingerprint density at radius 3 is 2.45 bits per heavy atom. The zero-order valence-electron chi connectivity index (χ0n) is 16.8. The molecule has 0 spiro atoms. The summed E-state index contributed by atoms with van der Waals surface area (Å²) < 4.78 is 46.6. The summed E-state index contributed by atoms with van der Waals surface area (Å²) in [6, 6.07) is 11.0. The van der Waals surface area contributed by atoms with Gasteiger partial charge in [0.15, 0.2) is 0 Å². The molecule has 31 heavy (non-hydrogen) atoms. The van der Waals surface area contributed by atoms with Crippen LogP contribution in [0.2, 0.25) is 10.0 Å². The highest BCUT2D eigenvalue weighted by molar-refractivity contribution is 7.85. The van der Waals surface area contributed by atoms with Crippen LogP contribution < -0.4 is 0 Å². The number of piperidine rings is 1. The molecule has 1 fully saturated rings. The molecule has 1 aliphatic heterocycles. The first kappa shape index (κ1) is 23.9. The second-order valence-electron chi connectivity index (χ2n) is 7.37. The zero-order chi connectivity index (χ0) is 22.6. The fraction of sp³-hybridized carbons (Fsp3) is 0.381. The summed E-state index contributed by atoms with van der Waals surface area (Å²) in [5.41, 5.74) is 0.571. The lowest BCUT2D eigenvalue weighted by Gasteiger charge is -2.43. The Kier molecular flexibility index (Phi) is 7.59. The van der Waals surface area contributed by atoms with Crippen molar-refractivity contribution in [2.45, 2.75) is 25.0 Å². The largest absolute Gasteiger partial charge is 0.366 e. The van der Waals surface area contributed by atoms with E-state index in [-0.39, 0.29) is 44.4 Å². The predicted molar refractivity (Wildman–Crippen MR) is 116 cm³/mol. The van der Waals surface area contributed by atoms with E-state index in [9.17, 15) is 17.6 Å². The average Bonchev–Trinajstić information content (AvgIpc) is 2.71. The van der Waals surface area contributed by atoms with Crippen LogP contribution in [-0.2, 0) is 36.0 Å². The Morgan fingerprint density at radius 1 is 1.10 bits per heavy atom. The molecule has 10 heteroatoms. The van der Waals surface area contributed by atoms with Gasteiger partial charge in [0.2, 0.25) is 5.91 Å². The smallest absolute Gasteiger partial charge is 0.264 e. The van der Waals surface area contributed by atoms with Crippen LogP contribution in [0.25, 0.3) is 0 Å². The molecular formula is C21H22Cl2FNO5S. The van der Waals surface area contributed by atoms with Gasteiger partial charge >= 0.3 is 0 Å². The van der Waals surface area contributed by atoms with Crippen LogP contribution in [0.3, 0.4) is 0 Å². The van der Waals surface area contributed by atoms with Gasteiger partial charge in [0.25, 0.3) is 10.1 Å². The third kappa shape index (κ3) is 6.40. The van der Waals surface area contributed by atoms with Crippen LogP contribution in [0.5, 0.6) is 0 Å². The van der Waals surface area contributed by atoms with E-state index in [1.54, 1.807) is 35.2 Å². The molecule has 3 rings (SSSR count). The van der Waals surface area contributed by atoms with Crippen molar-refractivity contribution < 1.29 is 26.5 Å². The molecule has 168 valence electrons. The monoisotopic (exact) mass is 489 g/mol. The summed E-state index contributed by atoms with van der Waals surface area (Å²) in [6.45, 7) is 0.325. The molecular weight excluding hydrogens is 468 g/mol. The Hall–Kier alpha value is -1.71. The number of amides is 1. The standard InChI is InChI=1S/C21H22Cl2FNO5S/c1-31(27,28)30-11-10-29-21(16-4-7-18(22)19(23)12-16)9-8-20(26)25(14-21)13-15-2-5-17(24)6-3-15/h2-7,12H,8-11,13-14H2,1H3. The van der Waals surface area contributed by atoms with Crippen molar-refractivity contribution in [3.05, 3.63) is 69.5 Å². The van der Waals surface area contributed by atoms with E-state index >= 15 is 0 Å². The number of hydrogen-bond acceptors (Lipinski definition) is 5. The lowest BCUT2D eigenvalue weighted by molar-refractivity contribution is -0.152. The lowest BCUT2D eigenvalue weighted by atomic mass is 9.84. The molecule has 1 unspecified atom stereocenters. The van der Waals surface area contributed by atoms with E-state index in [2.05, 4.69) is 0 Å². The highest BCUT2D eigenvalue weighted by Crippen LogP contribution is 2.39. The van der Waals surface area contributed by atoms with Crippen molar-refractivity contribution in [2.75, 3.05) is 26.0 Å². The molecule has 1 saturated heterocycles. The summed E-state index contributed by atoms with van der Waals surface area (Å²) >= 11 is 12.3. The minimum atomic E-state index is -3.60. The highest BCUT2D eigenvalue weighted by atomic mass is 35.5. The Morgan fingerprint density at radius 2 is 1.81 bits per heavy atom. The number of carbonyl (C=O) groups is 1. The van der Waals surface area contributed by atoms with Gasteiger partial charge in [-0.05, 0) is 41.8 Å². The van der Waals surface area contributed by atoms with Gasteiger partial charge in [-0.25, -0.2) is 4.39 Å². The average molecular weight is 490 g/mol. The van der Waals surface area contributed by atoms with E-state index in [1.165, 1.54) is 12.1 Å². The van der Waals surface area contributed by atoms with E-state index < -0.39 is 15.7 Å². The maximum atomic E-state index is 13.2. The predicted octanol–water partition coefficient (Wildman–Crippen LogP) is 4.14. The van der Waals surface area contributed by atoms with Crippen molar-refractivity contribution >= 4 is 39.2 Å². The molecule has 1 aliphatic rings. The van der Waals surface area contributed by atoms with Crippen LogP contribution in [0, 0.1) is 5.82 Å². The van der Waals surface area contributed by atoms with E-state index in [1.807, 2.05) is 0 Å². The molecule has 0 radical (unpaired) electrons. The summed E-state index contributed by atoms with van der Waals surface area (Å²) in [5, 5.41) is 0.729. The number of benzene rings is 2. The van der Waals surface area contributed by atoms with Crippen molar-refractivity contribution in [2.24, 2.45) is 0 Å². The van der Waals surface area contributed by atoms with Gasteiger partial charge in [0.1, 0.15) is 11.4 Å². The third-order valence-corrected chi connectivity index (χ3v) is 6.37. The van der Waals surface area contributed by atoms with Gasteiger partial charge in [-0.3, -0.25) is 8.98 Å². The second kappa shape index (κ2) is 9.83. The second-order valence-corrected chi connectivity index (χ2v) is 9.83. The summed E-state index contributed by atoms with van der Waals surface area (Å²) in [5.74, 6) is -0.413.